The third-order valence-electron chi connectivity index (χ3n) is 9.47. The summed E-state index contributed by atoms with van der Waals surface area (Å²) in [6, 6.07) is 0. The van der Waals surface area contributed by atoms with E-state index >= 15 is 0 Å². The molecule has 2 unspecified atom stereocenters. The van der Waals surface area contributed by atoms with Crippen LogP contribution in [0.5, 0.6) is 0 Å². The second kappa shape index (κ2) is 5.67. The summed E-state index contributed by atoms with van der Waals surface area (Å²) in [6.45, 7) is 4.15. The van der Waals surface area contributed by atoms with Gasteiger partial charge in [-0.25, -0.2) is 0 Å². The standard InChI is InChI=1S/C21H35FO2/c1-19-9-4-3-5-14(19)6-7-15-16(19)8-10-20(2)17(15)13-18(23)21(20,24)11-12-22/h14-18,23-24H,3-13H2,1-2H3/t14?,15-,16+,17+,18?,19+,20+,21-/m1/s1. The fourth-order valence-electron chi connectivity index (χ4n) is 8.00. The van der Waals surface area contributed by atoms with Crippen LogP contribution in [0, 0.1) is 34.5 Å². The molecule has 2 N–H and O–H groups in total. The van der Waals surface area contributed by atoms with Crippen LogP contribution in [0.1, 0.15) is 78.1 Å². The van der Waals surface area contributed by atoms with Crippen molar-refractivity contribution in [3.63, 3.8) is 0 Å². The summed E-state index contributed by atoms with van der Waals surface area (Å²) >= 11 is 0. The molecular weight excluding hydrogens is 303 g/mol. The molecule has 4 saturated carbocycles. The van der Waals surface area contributed by atoms with Crippen LogP contribution >= 0.6 is 0 Å². The van der Waals surface area contributed by atoms with Crippen LogP contribution in [0.3, 0.4) is 0 Å². The zero-order valence-corrected chi connectivity index (χ0v) is 15.4. The molecule has 4 aliphatic carbocycles. The topological polar surface area (TPSA) is 40.5 Å². The molecule has 0 amide bonds. The van der Waals surface area contributed by atoms with Crippen LogP contribution in [0.2, 0.25) is 0 Å². The predicted molar refractivity (Wildman–Crippen MR) is 93.3 cm³/mol. The van der Waals surface area contributed by atoms with Gasteiger partial charge in [-0.1, -0.05) is 26.7 Å². The summed E-state index contributed by atoms with van der Waals surface area (Å²) in [5.74, 6) is 2.61. The van der Waals surface area contributed by atoms with Gasteiger partial charge >= 0.3 is 0 Å². The molecule has 0 radical (unpaired) electrons. The van der Waals surface area contributed by atoms with Gasteiger partial charge in [0, 0.05) is 11.8 Å². The second-order valence-electron chi connectivity index (χ2n) is 9.97. The maximum absolute atomic E-state index is 13.1. The normalized spacial score (nSPS) is 57.1. The third kappa shape index (κ3) is 2.06. The fraction of sp³-hybridized carbons (Fsp3) is 1.00. The molecule has 24 heavy (non-hydrogen) atoms. The van der Waals surface area contributed by atoms with Crippen LogP contribution in [-0.4, -0.2) is 28.6 Å². The molecule has 0 aliphatic heterocycles. The highest BCUT2D eigenvalue weighted by Crippen LogP contribution is 2.68. The maximum atomic E-state index is 13.1. The molecule has 138 valence electrons. The molecule has 2 nitrogen and oxygen atoms in total. The SMILES string of the molecule is C[C@]12CCCCC1CC[C@@H]1[C@@H]2CC[C@@]2(C)[C@H]1CC(O)[C@]2(O)CCF. The second-order valence-corrected chi connectivity index (χ2v) is 9.97. The number of rotatable bonds is 2. The van der Waals surface area contributed by atoms with Crippen LogP contribution < -0.4 is 0 Å². The molecule has 4 aliphatic rings. The van der Waals surface area contributed by atoms with Gasteiger partial charge in [-0.2, -0.15) is 0 Å². The number of hydrogen-bond donors (Lipinski definition) is 2. The van der Waals surface area contributed by atoms with Crippen molar-refractivity contribution in [2.45, 2.75) is 89.8 Å². The Balaban J connectivity index is 1.66. The Morgan fingerprint density at radius 1 is 1.00 bits per heavy atom. The van der Waals surface area contributed by atoms with E-state index in [9.17, 15) is 14.6 Å². The van der Waals surface area contributed by atoms with Crippen LogP contribution in [-0.2, 0) is 0 Å². The monoisotopic (exact) mass is 338 g/mol. The molecule has 0 heterocycles. The smallest absolute Gasteiger partial charge is 0.0986 e. The van der Waals surface area contributed by atoms with E-state index in [1.54, 1.807) is 0 Å². The maximum Gasteiger partial charge on any atom is 0.0986 e. The number of aliphatic hydroxyl groups excluding tert-OH is 1. The van der Waals surface area contributed by atoms with Gasteiger partial charge in [0.1, 0.15) is 0 Å². The van der Waals surface area contributed by atoms with Crippen molar-refractivity contribution in [1.82, 2.24) is 0 Å². The molecule has 0 aromatic rings. The van der Waals surface area contributed by atoms with E-state index in [1.165, 1.54) is 38.5 Å². The largest absolute Gasteiger partial charge is 0.390 e. The van der Waals surface area contributed by atoms with Crippen molar-refractivity contribution in [2.75, 3.05) is 6.67 Å². The number of fused-ring (bicyclic) bond motifs is 5. The molecule has 0 saturated heterocycles. The average molecular weight is 339 g/mol. The highest BCUT2D eigenvalue weighted by Gasteiger charge is 2.67. The third-order valence-corrected chi connectivity index (χ3v) is 9.47. The molecule has 4 fully saturated rings. The lowest BCUT2D eigenvalue weighted by Gasteiger charge is -2.61. The van der Waals surface area contributed by atoms with Gasteiger partial charge in [-0.15, -0.1) is 0 Å². The number of aliphatic hydroxyl groups is 2. The lowest BCUT2D eigenvalue weighted by atomic mass is 9.44. The summed E-state index contributed by atoms with van der Waals surface area (Å²) in [6.07, 6.45) is 10.2. The summed E-state index contributed by atoms with van der Waals surface area (Å²) < 4.78 is 13.1. The minimum absolute atomic E-state index is 0.0957. The lowest BCUT2D eigenvalue weighted by Crippen LogP contribution is -2.57. The molecule has 0 spiro atoms. The fourth-order valence-corrected chi connectivity index (χ4v) is 8.00. The summed E-state index contributed by atoms with van der Waals surface area (Å²) in [4.78, 5) is 0. The number of alkyl halides is 1. The Labute approximate surface area is 146 Å². The highest BCUT2D eigenvalue weighted by atomic mass is 19.1. The molecule has 0 bridgehead atoms. The zero-order valence-electron chi connectivity index (χ0n) is 15.4. The first kappa shape index (κ1) is 17.3. The number of halogens is 1. The van der Waals surface area contributed by atoms with Gasteiger partial charge in [-0.3, -0.25) is 4.39 Å². The lowest BCUT2D eigenvalue weighted by molar-refractivity contribution is -0.172. The van der Waals surface area contributed by atoms with E-state index in [-0.39, 0.29) is 11.8 Å². The Morgan fingerprint density at radius 3 is 2.54 bits per heavy atom. The molecule has 0 aromatic heterocycles. The Hall–Kier alpha value is -0.150. The van der Waals surface area contributed by atoms with Crippen LogP contribution in [0.15, 0.2) is 0 Å². The van der Waals surface area contributed by atoms with Gasteiger partial charge in [-0.05, 0) is 74.0 Å². The minimum Gasteiger partial charge on any atom is -0.390 e. The minimum atomic E-state index is -1.22. The van der Waals surface area contributed by atoms with Crippen molar-refractivity contribution in [2.24, 2.45) is 34.5 Å². The van der Waals surface area contributed by atoms with E-state index in [1.807, 2.05) is 0 Å². The van der Waals surface area contributed by atoms with Crippen LogP contribution in [0.4, 0.5) is 4.39 Å². The van der Waals surface area contributed by atoms with Gasteiger partial charge in [0.05, 0.1) is 18.4 Å². The van der Waals surface area contributed by atoms with E-state index in [0.29, 0.717) is 23.7 Å². The van der Waals surface area contributed by atoms with Crippen molar-refractivity contribution in [1.29, 1.82) is 0 Å². The van der Waals surface area contributed by atoms with Crippen molar-refractivity contribution in [3.8, 4) is 0 Å². The van der Waals surface area contributed by atoms with Crippen molar-refractivity contribution >= 4 is 0 Å². The quantitative estimate of drug-likeness (QED) is 0.779. The Morgan fingerprint density at radius 2 is 1.79 bits per heavy atom. The molecule has 0 aromatic carbocycles. The average Bonchev–Trinajstić information content (AvgIpc) is 2.75. The van der Waals surface area contributed by atoms with Gasteiger partial charge in [0.25, 0.3) is 0 Å². The zero-order chi connectivity index (χ0) is 17.2. The van der Waals surface area contributed by atoms with Crippen molar-refractivity contribution < 1.29 is 14.6 Å². The molecule has 4 rings (SSSR count). The Bertz CT molecular complexity index is 496. The summed E-state index contributed by atoms with van der Waals surface area (Å²) in [7, 11) is 0. The number of hydrogen-bond acceptors (Lipinski definition) is 2. The van der Waals surface area contributed by atoms with Gasteiger partial charge in [0.15, 0.2) is 0 Å². The van der Waals surface area contributed by atoms with E-state index in [4.69, 9.17) is 0 Å². The first-order chi connectivity index (χ1) is 11.4. The van der Waals surface area contributed by atoms with Gasteiger partial charge < -0.3 is 10.2 Å². The molecular formula is C21H35FO2. The Kier molecular flexibility index (Phi) is 4.08. The summed E-state index contributed by atoms with van der Waals surface area (Å²) in [5.41, 5.74) is -1.06. The van der Waals surface area contributed by atoms with E-state index in [2.05, 4.69) is 13.8 Å². The van der Waals surface area contributed by atoms with Crippen molar-refractivity contribution in [3.05, 3.63) is 0 Å². The first-order valence-electron chi connectivity index (χ1n) is 10.3. The molecule has 3 heteroatoms. The predicted octanol–water partition coefficient (Wildman–Crippen LogP) is 4.48. The van der Waals surface area contributed by atoms with E-state index < -0.39 is 18.4 Å². The van der Waals surface area contributed by atoms with Gasteiger partial charge in [0.2, 0.25) is 0 Å². The highest BCUT2D eigenvalue weighted by molar-refractivity contribution is 5.16. The summed E-state index contributed by atoms with van der Waals surface area (Å²) in [5, 5.41) is 21.9. The first-order valence-corrected chi connectivity index (χ1v) is 10.3. The van der Waals surface area contributed by atoms with E-state index in [0.717, 1.165) is 24.7 Å². The van der Waals surface area contributed by atoms with Crippen LogP contribution in [0.25, 0.3) is 0 Å². The molecule has 8 atom stereocenters.